The van der Waals surface area contributed by atoms with Gasteiger partial charge in [0, 0.05) is 0 Å². The molecule has 1 saturated heterocycles. The third-order valence-electron chi connectivity index (χ3n) is 5.59. The summed E-state index contributed by atoms with van der Waals surface area (Å²) in [6, 6.07) is 25.1. The molecule has 1 aliphatic heterocycles. The smallest absolute Gasteiger partial charge is 0.146 e. The molecule has 5 heteroatoms. The zero-order valence-corrected chi connectivity index (χ0v) is 17.0. The minimum absolute atomic E-state index is 0.173. The quantitative estimate of drug-likeness (QED) is 0.632. The highest BCUT2D eigenvalue weighted by Crippen LogP contribution is 2.22. The van der Waals surface area contributed by atoms with E-state index in [1.807, 2.05) is 54.6 Å². The summed E-state index contributed by atoms with van der Waals surface area (Å²) in [6.45, 7) is 4.21. The summed E-state index contributed by atoms with van der Waals surface area (Å²) < 4.78 is 19.7. The fourth-order valence-electron chi connectivity index (χ4n) is 3.93. The summed E-state index contributed by atoms with van der Waals surface area (Å²) in [6.07, 6.45) is -0.534. The zero-order chi connectivity index (χ0) is 20.8. The fraction of sp³-hybridized carbons (Fsp3) is 0.280. The Balaban J connectivity index is 1.22. The predicted molar refractivity (Wildman–Crippen MR) is 118 cm³/mol. The fourth-order valence-corrected chi connectivity index (χ4v) is 3.93. The van der Waals surface area contributed by atoms with Crippen LogP contribution in [-0.4, -0.2) is 50.5 Å². The van der Waals surface area contributed by atoms with Gasteiger partial charge in [-0.3, -0.25) is 0 Å². The SMILES string of the molecule is O[C@H](COc1ccc(-c2ccccc2)cc1)C[NH+]1CCN(c2ccccc2F)CC1. The minimum Gasteiger partial charge on any atom is -0.491 e. The van der Waals surface area contributed by atoms with Crippen LogP contribution >= 0.6 is 0 Å². The van der Waals surface area contributed by atoms with Crippen molar-refractivity contribution in [3.63, 3.8) is 0 Å². The molecule has 3 aromatic carbocycles. The summed E-state index contributed by atoms with van der Waals surface area (Å²) in [5, 5.41) is 10.4. The van der Waals surface area contributed by atoms with Gasteiger partial charge < -0.3 is 19.6 Å². The Morgan fingerprint density at radius 3 is 2.20 bits per heavy atom. The molecule has 3 aromatic rings. The molecule has 0 radical (unpaired) electrons. The summed E-state index contributed by atoms with van der Waals surface area (Å²) >= 11 is 0. The Kier molecular flexibility index (Phi) is 6.62. The van der Waals surface area contributed by atoms with Crippen LogP contribution in [0.25, 0.3) is 11.1 Å². The topological polar surface area (TPSA) is 37.1 Å². The van der Waals surface area contributed by atoms with Crippen molar-refractivity contribution in [3.05, 3.63) is 84.7 Å². The van der Waals surface area contributed by atoms with Gasteiger partial charge >= 0.3 is 0 Å². The molecule has 0 unspecified atom stereocenters. The van der Waals surface area contributed by atoms with Crippen molar-refractivity contribution in [3.8, 4) is 16.9 Å². The van der Waals surface area contributed by atoms with Crippen molar-refractivity contribution in [1.29, 1.82) is 0 Å². The van der Waals surface area contributed by atoms with E-state index in [0.29, 0.717) is 12.2 Å². The first-order valence-corrected chi connectivity index (χ1v) is 10.5. The van der Waals surface area contributed by atoms with E-state index in [4.69, 9.17) is 4.74 Å². The molecule has 0 amide bonds. The summed E-state index contributed by atoms with van der Waals surface area (Å²) in [5.74, 6) is 0.584. The number of halogens is 1. The molecule has 0 saturated carbocycles. The number of hydrogen-bond acceptors (Lipinski definition) is 3. The maximum atomic E-state index is 14.0. The van der Waals surface area contributed by atoms with Crippen molar-refractivity contribution >= 4 is 5.69 Å². The van der Waals surface area contributed by atoms with Gasteiger partial charge in [-0.2, -0.15) is 0 Å². The van der Waals surface area contributed by atoms with Gasteiger partial charge in [0.2, 0.25) is 0 Å². The standard InChI is InChI=1S/C25H27FN2O2/c26-24-8-4-5-9-25(24)28-16-14-27(15-17-28)18-22(29)19-30-23-12-10-21(11-13-23)20-6-2-1-3-7-20/h1-13,22,29H,14-19H2/p+1/t22-/m0/s1. The second-order valence-electron chi connectivity index (χ2n) is 7.75. The molecular formula is C25H28FN2O2+. The monoisotopic (exact) mass is 407 g/mol. The number of hydrogen-bond donors (Lipinski definition) is 2. The van der Waals surface area contributed by atoms with Gasteiger partial charge in [-0.1, -0.05) is 54.6 Å². The number of aliphatic hydroxyl groups is 1. The van der Waals surface area contributed by atoms with Gasteiger partial charge in [-0.05, 0) is 35.4 Å². The van der Waals surface area contributed by atoms with E-state index in [1.54, 1.807) is 6.07 Å². The summed E-state index contributed by atoms with van der Waals surface area (Å²) in [7, 11) is 0. The molecule has 1 atom stereocenters. The van der Waals surface area contributed by atoms with Crippen LogP contribution in [0.4, 0.5) is 10.1 Å². The first kappa shape index (κ1) is 20.4. The van der Waals surface area contributed by atoms with Crippen LogP contribution in [0, 0.1) is 5.82 Å². The highest BCUT2D eigenvalue weighted by atomic mass is 19.1. The molecule has 1 aliphatic rings. The maximum absolute atomic E-state index is 14.0. The van der Waals surface area contributed by atoms with Crippen molar-refractivity contribution in [2.75, 3.05) is 44.2 Å². The predicted octanol–water partition coefficient (Wildman–Crippen LogP) is 2.64. The first-order valence-electron chi connectivity index (χ1n) is 10.5. The van der Waals surface area contributed by atoms with Crippen molar-refractivity contribution in [2.45, 2.75) is 6.10 Å². The van der Waals surface area contributed by atoms with Gasteiger partial charge in [-0.25, -0.2) is 4.39 Å². The van der Waals surface area contributed by atoms with Crippen molar-refractivity contribution in [1.82, 2.24) is 0 Å². The highest BCUT2D eigenvalue weighted by molar-refractivity contribution is 5.63. The largest absolute Gasteiger partial charge is 0.491 e. The van der Waals surface area contributed by atoms with Gasteiger partial charge in [0.05, 0.1) is 31.9 Å². The molecule has 1 fully saturated rings. The zero-order valence-electron chi connectivity index (χ0n) is 17.0. The first-order chi connectivity index (χ1) is 14.7. The lowest BCUT2D eigenvalue weighted by molar-refractivity contribution is -0.903. The number of benzene rings is 3. The third kappa shape index (κ3) is 5.17. The van der Waals surface area contributed by atoms with Crippen molar-refractivity contribution in [2.24, 2.45) is 0 Å². The number of aliphatic hydroxyl groups excluding tert-OH is 1. The number of para-hydroxylation sites is 1. The molecular weight excluding hydrogens is 379 g/mol. The van der Waals surface area contributed by atoms with E-state index in [9.17, 15) is 9.50 Å². The van der Waals surface area contributed by atoms with E-state index < -0.39 is 6.10 Å². The molecule has 156 valence electrons. The van der Waals surface area contributed by atoms with Crippen LogP contribution < -0.4 is 14.5 Å². The van der Waals surface area contributed by atoms with Gasteiger partial charge in [0.25, 0.3) is 0 Å². The Morgan fingerprint density at radius 2 is 1.50 bits per heavy atom. The van der Waals surface area contributed by atoms with Crippen LogP contribution in [0.3, 0.4) is 0 Å². The molecule has 4 rings (SSSR count). The average molecular weight is 408 g/mol. The van der Waals surface area contributed by atoms with E-state index in [0.717, 1.165) is 37.5 Å². The van der Waals surface area contributed by atoms with Crippen LogP contribution in [0.2, 0.25) is 0 Å². The van der Waals surface area contributed by atoms with Gasteiger partial charge in [-0.15, -0.1) is 0 Å². The number of anilines is 1. The Hall–Kier alpha value is -2.89. The Morgan fingerprint density at radius 1 is 0.867 bits per heavy atom. The van der Waals surface area contributed by atoms with E-state index >= 15 is 0 Å². The molecule has 2 N–H and O–H groups in total. The molecule has 0 bridgehead atoms. The Bertz CT molecular complexity index is 925. The van der Waals surface area contributed by atoms with Crippen LogP contribution in [0.15, 0.2) is 78.9 Å². The molecule has 0 aromatic heterocycles. The average Bonchev–Trinajstić information content (AvgIpc) is 2.80. The van der Waals surface area contributed by atoms with Crippen molar-refractivity contribution < 1.29 is 19.1 Å². The molecule has 0 spiro atoms. The van der Waals surface area contributed by atoms with E-state index in [2.05, 4.69) is 17.0 Å². The number of rotatable bonds is 7. The molecule has 30 heavy (non-hydrogen) atoms. The summed E-state index contributed by atoms with van der Waals surface area (Å²) in [5.41, 5.74) is 2.97. The summed E-state index contributed by atoms with van der Waals surface area (Å²) in [4.78, 5) is 3.40. The highest BCUT2D eigenvalue weighted by Gasteiger charge is 2.24. The Labute approximate surface area is 177 Å². The third-order valence-corrected chi connectivity index (χ3v) is 5.59. The number of quaternary nitrogens is 1. The normalized spacial score (nSPS) is 15.7. The number of nitrogens with zero attached hydrogens (tertiary/aromatic N) is 1. The lowest BCUT2D eigenvalue weighted by Gasteiger charge is -2.34. The molecule has 1 heterocycles. The van der Waals surface area contributed by atoms with E-state index in [1.165, 1.54) is 16.5 Å². The van der Waals surface area contributed by atoms with Gasteiger partial charge in [0.15, 0.2) is 0 Å². The lowest BCUT2D eigenvalue weighted by atomic mass is 10.1. The van der Waals surface area contributed by atoms with E-state index in [-0.39, 0.29) is 12.4 Å². The number of piperazine rings is 1. The van der Waals surface area contributed by atoms with Crippen LogP contribution in [-0.2, 0) is 0 Å². The second kappa shape index (κ2) is 9.74. The lowest BCUT2D eigenvalue weighted by Crippen LogP contribution is -3.16. The molecule has 0 aliphatic carbocycles. The van der Waals surface area contributed by atoms with Crippen LogP contribution in [0.5, 0.6) is 5.75 Å². The minimum atomic E-state index is -0.534. The number of ether oxygens (including phenoxy) is 1. The maximum Gasteiger partial charge on any atom is 0.146 e. The number of nitrogens with one attached hydrogen (secondary N) is 1. The molecule has 4 nitrogen and oxygen atoms in total. The van der Waals surface area contributed by atoms with Crippen LogP contribution in [0.1, 0.15) is 0 Å². The second-order valence-corrected chi connectivity index (χ2v) is 7.75. The van der Waals surface area contributed by atoms with Gasteiger partial charge in [0.1, 0.15) is 30.8 Å².